The Morgan fingerprint density at radius 1 is 0.667 bits per heavy atom. The van der Waals surface area contributed by atoms with Crippen LogP contribution in [0.1, 0.15) is 25.0 Å². The smallest absolute Gasteiger partial charge is 0.135 e. The normalized spacial score (nSPS) is 14.1. The Hall–Kier alpha value is -4.89. The van der Waals surface area contributed by atoms with Gasteiger partial charge in [-0.25, -0.2) is 0 Å². The molecule has 1 aliphatic rings. The summed E-state index contributed by atoms with van der Waals surface area (Å²) >= 11 is 0. The van der Waals surface area contributed by atoms with E-state index in [1.807, 2.05) is 24.4 Å². The Morgan fingerprint density at radius 3 is 2.41 bits per heavy atom. The van der Waals surface area contributed by atoms with E-state index >= 15 is 0 Å². The zero-order valence-corrected chi connectivity index (χ0v) is 21.7. The summed E-state index contributed by atoms with van der Waals surface area (Å²) in [5, 5.41) is 6.02. The molecule has 0 amide bonds. The van der Waals surface area contributed by atoms with Crippen molar-refractivity contribution >= 4 is 54.6 Å². The van der Waals surface area contributed by atoms with E-state index in [9.17, 15) is 0 Å². The molecule has 0 saturated heterocycles. The quantitative estimate of drug-likeness (QED) is 0.225. The van der Waals surface area contributed by atoms with Gasteiger partial charge >= 0.3 is 0 Å². The summed E-state index contributed by atoms with van der Waals surface area (Å²) in [6, 6.07) is 37.1. The number of benzene rings is 5. The predicted molar refractivity (Wildman–Crippen MR) is 161 cm³/mol. The monoisotopic (exact) mass is 500 g/mol. The van der Waals surface area contributed by atoms with Crippen molar-refractivity contribution in [1.29, 1.82) is 0 Å². The standard InChI is InChI=1S/C36H24N2O/c1-36(2)29-20-30-21(8-7-17-37-30)18-27(29)25-14-15-26-23-9-3-5-11-31(23)38(35(26)34(25)36)22-13-16-33-28(19-22)24-10-4-6-12-32(24)39-33/h3-20H,1-2H3. The van der Waals surface area contributed by atoms with Crippen molar-refractivity contribution in [3.63, 3.8) is 0 Å². The van der Waals surface area contributed by atoms with Crippen molar-refractivity contribution in [2.24, 2.45) is 0 Å². The van der Waals surface area contributed by atoms with E-state index in [-0.39, 0.29) is 5.41 Å². The number of aromatic nitrogens is 2. The molecule has 0 fully saturated rings. The first-order chi connectivity index (χ1) is 19.1. The van der Waals surface area contributed by atoms with Crippen LogP contribution < -0.4 is 0 Å². The van der Waals surface area contributed by atoms with Crippen molar-refractivity contribution < 1.29 is 4.42 Å². The number of pyridine rings is 1. The summed E-state index contributed by atoms with van der Waals surface area (Å²) in [7, 11) is 0. The summed E-state index contributed by atoms with van der Waals surface area (Å²) in [5.74, 6) is 0. The largest absolute Gasteiger partial charge is 0.456 e. The molecule has 0 bridgehead atoms. The van der Waals surface area contributed by atoms with Gasteiger partial charge in [0, 0.05) is 44.2 Å². The van der Waals surface area contributed by atoms with Crippen LogP contribution in [0.25, 0.3) is 71.5 Å². The molecule has 39 heavy (non-hydrogen) atoms. The van der Waals surface area contributed by atoms with Gasteiger partial charge < -0.3 is 8.98 Å². The molecule has 0 N–H and O–H groups in total. The van der Waals surface area contributed by atoms with Crippen molar-refractivity contribution in [3.05, 3.63) is 120 Å². The molecule has 0 spiro atoms. The Morgan fingerprint density at radius 2 is 1.49 bits per heavy atom. The van der Waals surface area contributed by atoms with Gasteiger partial charge in [-0.2, -0.15) is 0 Å². The number of fused-ring (bicyclic) bond motifs is 11. The molecule has 5 aromatic carbocycles. The van der Waals surface area contributed by atoms with Gasteiger partial charge in [0.1, 0.15) is 11.2 Å². The van der Waals surface area contributed by atoms with Crippen LogP contribution in [-0.2, 0) is 5.41 Å². The molecule has 0 unspecified atom stereocenters. The van der Waals surface area contributed by atoms with Crippen molar-refractivity contribution in [2.75, 3.05) is 0 Å². The van der Waals surface area contributed by atoms with Crippen LogP contribution in [0.3, 0.4) is 0 Å². The molecule has 0 saturated carbocycles. The number of hydrogen-bond acceptors (Lipinski definition) is 2. The molecular formula is C36H24N2O. The van der Waals surface area contributed by atoms with Gasteiger partial charge in [0.25, 0.3) is 0 Å². The Labute approximate surface area is 224 Å². The minimum atomic E-state index is -0.186. The van der Waals surface area contributed by atoms with Crippen LogP contribution in [-0.4, -0.2) is 9.55 Å². The lowest BCUT2D eigenvalue weighted by atomic mass is 9.81. The maximum absolute atomic E-state index is 6.17. The van der Waals surface area contributed by atoms with Gasteiger partial charge in [-0.3, -0.25) is 4.98 Å². The summed E-state index contributed by atoms with van der Waals surface area (Å²) < 4.78 is 8.64. The molecule has 3 aromatic heterocycles. The first-order valence-corrected chi connectivity index (χ1v) is 13.5. The van der Waals surface area contributed by atoms with E-state index in [1.165, 1.54) is 49.4 Å². The molecular weight excluding hydrogens is 476 g/mol. The second kappa shape index (κ2) is 7.15. The van der Waals surface area contributed by atoms with Gasteiger partial charge in [0.05, 0.1) is 16.6 Å². The second-order valence-electron chi connectivity index (χ2n) is 11.2. The molecule has 1 aliphatic carbocycles. The van der Waals surface area contributed by atoms with Crippen LogP contribution in [0.2, 0.25) is 0 Å². The van der Waals surface area contributed by atoms with E-state index in [2.05, 4.69) is 108 Å². The van der Waals surface area contributed by atoms with Crippen LogP contribution in [0.15, 0.2) is 114 Å². The second-order valence-corrected chi connectivity index (χ2v) is 11.2. The molecule has 0 aliphatic heterocycles. The van der Waals surface area contributed by atoms with Gasteiger partial charge in [0.15, 0.2) is 0 Å². The average Bonchev–Trinajstić information content (AvgIpc) is 3.57. The maximum atomic E-state index is 6.17. The Kier molecular flexibility index (Phi) is 3.86. The highest BCUT2D eigenvalue weighted by Gasteiger charge is 2.39. The fourth-order valence-corrected chi connectivity index (χ4v) is 7.03. The Bertz CT molecular complexity index is 2320. The fourth-order valence-electron chi connectivity index (χ4n) is 7.03. The van der Waals surface area contributed by atoms with Crippen LogP contribution in [0.5, 0.6) is 0 Å². The predicted octanol–water partition coefficient (Wildman–Crippen LogP) is 9.54. The van der Waals surface area contributed by atoms with Crippen molar-refractivity contribution in [1.82, 2.24) is 9.55 Å². The zero-order valence-electron chi connectivity index (χ0n) is 21.7. The first-order valence-electron chi connectivity index (χ1n) is 13.5. The number of hydrogen-bond donors (Lipinski definition) is 0. The molecule has 8 aromatic rings. The van der Waals surface area contributed by atoms with Gasteiger partial charge in [0.2, 0.25) is 0 Å². The lowest BCUT2D eigenvalue weighted by molar-refractivity contribution is 0.664. The average molecular weight is 501 g/mol. The highest BCUT2D eigenvalue weighted by molar-refractivity contribution is 6.14. The van der Waals surface area contributed by atoms with Gasteiger partial charge in [-0.1, -0.05) is 68.4 Å². The summed E-state index contributed by atoms with van der Waals surface area (Å²) in [6.07, 6.45) is 1.88. The minimum absolute atomic E-state index is 0.186. The summed E-state index contributed by atoms with van der Waals surface area (Å²) in [6.45, 7) is 4.72. The molecule has 0 atom stereocenters. The van der Waals surface area contributed by atoms with E-state index in [4.69, 9.17) is 4.42 Å². The number of furan rings is 1. The van der Waals surface area contributed by atoms with Gasteiger partial charge in [-0.05, 0) is 70.8 Å². The highest BCUT2D eigenvalue weighted by atomic mass is 16.3. The van der Waals surface area contributed by atoms with E-state index < -0.39 is 0 Å². The number of para-hydroxylation sites is 2. The number of rotatable bonds is 1. The van der Waals surface area contributed by atoms with Crippen LogP contribution in [0, 0.1) is 0 Å². The molecule has 3 heterocycles. The molecule has 184 valence electrons. The van der Waals surface area contributed by atoms with Crippen LogP contribution >= 0.6 is 0 Å². The fraction of sp³-hybridized carbons (Fsp3) is 0.0833. The minimum Gasteiger partial charge on any atom is -0.456 e. The number of nitrogens with zero attached hydrogens (tertiary/aromatic N) is 2. The van der Waals surface area contributed by atoms with E-state index in [0.717, 1.165) is 33.1 Å². The third kappa shape index (κ3) is 2.64. The summed E-state index contributed by atoms with van der Waals surface area (Å²) in [4.78, 5) is 4.68. The van der Waals surface area contributed by atoms with E-state index in [1.54, 1.807) is 0 Å². The third-order valence-corrected chi connectivity index (χ3v) is 8.79. The lowest BCUT2D eigenvalue weighted by Crippen LogP contribution is -2.16. The molecule has 3 heteroatoms. The van der Waals surface area contributed by atoms with Crippen LogP contribution in [0.4, 0.5) is 0 Å². The lowest BCUT2D eigenvalue weighted by Gasteiger charge is -2.24. The van der Waals surface area contributed by atoms with Crippen molar-refractivity contribution in [3.8, 4) is 16.8 Å². The molecule has 0 radical (unpaired) electrons. The Balaban J connectivity index is 1.43. The zero-order chi connectivity index (χ0) is 25.9. The molecule has 3 nitrogen and oxygen atoms in total. The van der Waals surface area contributed by atoms with Crippen molar-refractivity contribution in [2.45, 2.75) is 19.3 Å². The van der Waals surface area contributed by atoms with Gasteiger partial charge in [-0.15, -0.1) is 0 Å². The third-order valence-electron chi connectivity index (χ3n) is 8.79. The molecule has 9 rings (SSSR count). The maximum Gasteiger partial charge on any atom is 0.135 e. The van der Waals surface area contributed by atoms with E-state index in [0.29, 0.717) is 0 Å². The SMILES string of the molecule is CC1(C)c2cc3ncccc3cc2-c2ccc3c4ccccc4n(-c4ccc5oc6ccccc6c5c4)c3c21. The highest BCUT2D eigenvalue weighted by Crippen LogP contribution is 2.53. The summed E-state index contributed by atoms with van der Waals surface area (Å²) in [5.41, 5.74) is 11.7. The topological polar surface area (TPSA) is 31.0 Å². The first kappa shape index (κ1) is 21.1.